The van der Waals surface area contributed by atoms with Gasteiger partial charge in [0.1, 0.15) is 5.82 Å². The van der Waals surface area contributed by atoms with E-state index in [0.717, 1.165) is 62.8 Å². The summed E-state index contributed by atoms with van der Waals surface area (Å²) in [4.78, 5) is 14.5. The first kappa shape index (κ1) is 21.3. The van der Waals surface area contributed by atoms with Gasteiger partial charge in [-0.2, -0.15) is 0 Å². The van der Waals surface area contributed by atoms with Crippen LogP contribution in [0.5, 0.6) is 0 Å². The number of halogens is 1. The molecule has 0 unspecified atom stereocenters. The van der Waals surface area contributed by atoms with Crippen LogP contribution in [0.25, 0.3) is 0 Å². The van der Waals surface area contributed by atoms with Crippen molar-refractivity contribution in [3.8, 4) is 0 Å². The molecular formula is C18H30ClN5OS. The molecule has 0 atom stereocenters. The molecule has 8 heteroatoms. The van der Waals surface area contributed by atoms with Crippen LogP contribution >= 0.6 is 24.2 Å². The predicted octanol–water partition coefficient (Wildman–Crippen LogP) is 2.85. The Labute approximate surface area is 166 Å². The van der Waals surface area contributed by atoms with E-state index in [9.17, 15) is 4.79 Å². The lowest BCUT2D eigenvalue weighted by molar-refractivity contribution is -0.128. The fraction of sp³-hybridized carbons (Fsp3) is 0.722. The zero-order valence-corrected chi connectivity index (χ0v) is 17.0. The zero-order chi connectivity index (χ0) is 17.5. The van der Waals surface area contributed by atoms with Crippen molar-refractivity contribution in [2.75, 3.05) is 31.9 Å². The van der Waals surface area contributed by atoms with Crippen LogP contribution in [0.4, 0.5) is 0 Å². The molecule has 2 aliphatic rings. The van der Waals surface area contributed by atoms with Gasteiger partial charge in [0.25, 0.3) is 0 Å². The molecule has 6 nitrogen and oxygen atoms in total. The molecule has 1 aromatic heterocycles. The van der Waals surface area contributed by atoms with E-state index in [4.69, 9.17) is 0 Å². The largest absolute Gasteiger partial charge is 0.342 e. The normalized spacial score (nSPS) is 18.8. The number of amides is 1. The van der Waals surface area contributed by atoms with Crippen LogP contribution in [0.2, 0.25) is 0 Å². The third-order valence-corrected chi connectivity index (χ3v) is 6.00. The van der Waals surface area contributed by atoms with E-state index in [-0.39, 0.29) is 18.3 Å². The van der Waals surface area contributed by atoms with Gasteiger partial charge in [0, 0.05) is 25.6 Å². The van der Waals surface area contributed by atoms with Crippen LogP contribution in [0.1, 0.15) is 50.3 Å². The Bertz CT molecular complexity index is 580. The third-order valence-electron chi connectivity index (χ3n) is 5.04. The minimum Gasteiger partial charge on any atom is -0.342 e. The summed E-state index contributed by atoms with van der Waals surface area (Å²) < 4.78 is 2.14. The molecule has 1 N–H and O–H groups in total. The summed E-state index contributed by atoms with van der Waals surface area (Å²) in [5.41, 5.74) is 0. The van der Waals surface area contributed by atoms with Crippen LogP contribution in [-0.4, -0.2) is 57.5 Å². The second-order valence-corrected chi connectivity index (χ2v) is 7.79. The number of carbonyl (C=O) groups is 1. The Morgan fingerprint density at radius 2 is 1.88 bits per heavy atom. The van der Waals surface area contributed by atoms with Crippen LogP contribution in [0, 0.1) is 0 Å². The minimum atomic E-state index is 0. The van der Waals surface area contributed by atoms with Crippen molar-refractivity contribution < 1.29 is 4.79 Å². The molecular weight excluding hydrogens is 370 g/mol. The number of rotatable bonds is 6. The summed E-state index contributed by atoms with van der Waals surface area (Å²) in [6.07, 6.45) is 8.80. The van der Waals surface area contributed by atoms with Gasteiger partial charge in [-0.3, -0.25) is 4.79 Å². The predicted molar refractivity (Wildman–Crippen MR) is 108 cm³/mol. The fourth-order valence-corrected chi connectivity index (χ4v) is 4.48. The number of thioether (sulfide) groups is 1. The van der Waals surface area contributed by atoms with Crippen LogP contribution in [0.15, 0.2) is 17.8 Å². The lowest BCUT2D eigenvalue weighted by atomic mass is 9.97. The van der Waals surface area contributed by atoms with Crippen molar-refractivity contribution in [1.82, 2.24) is 25.0 Å². The summed E-state index contributed by atoms with van der Waals surface area (Å²) in [6.45, 7) is 8.43. The van der Waals surface area contributed by atoms with Crippen molar-refractivity contribution in [2.45, 2.75) is 56.1 Å². The molecule has 0 aliphatic carbocycles. The van der Waals surface area contributed by atoms with E-state index in [1.807, 2.05) is 11.0 Å². The Morgan fingerprint density at radius 1 is 1.19 bits per heavy atom. The van der Waals surface area contributed by atoms with Crippen molar-refractivity contribution in [1.29, 1.82) is 0 Å². The average molecular weight is 400 g/mol. The highest BCUT2D eigenvalue weighted by atomic mass is 35.5. The number of aromatic nitrogens is 3. The molecule has 0 radical (unpaired) electrons. The van der Waals surface area contributed by atoms with Gasteiger partial charge in [0.05, 0.1) is 5.75 Å². The van der Waals surface area contributed by atoms with Gasteiger partial charge >= 0.3 is 0 Å². The fourth-order valence-electron chi connectivity index (χ4n) is 3.63. The first-order valence-electron chi connectivity index (χ1n) is 9.45. The number of hydrogen-bond acceptors (Lipinski definition) is 5. The van der Waals surface area contributed by atoms with Gasteiger partial charge in [0.15, 0.2) is 5.16 Å². The topological polar surface area (TPSA) is 63.1 Å². The first-order chi connectivity index (χ1) is 12.3. The molecule has 0 saturated carbocycles. The second kappa shape index (κ2) is 10.9. The molecule has 1 aromatic rings. The van der Waals surface area contributed by atoms with Gasteiger partial charge < -0.3 is 14.8 Å². The van der Waals surface area contributed by atoms with Crippen molar-refractivity contribution in [3.05, 3.63) is 18.5 Å². The number of hydrogen-bond donors (Lipinski definition) is 1. The van der Waals surface area contributed by atoms with E-state index < -0.39 is 0 Å². The van der Waals surface area contributed by atoms with E-state index >= 15 is 0 Å². The standard InChI is InChI=1S/C18H29N5OS.ClH/c1-2-11-23-17(15-7-9-19-10-8-15)20-21-18(23)25-14-16(24)22-12-5-3-4-6-13-22;/h2,15,19H,1,3-14H2;1H. The van der Waals surface area contributed by atoms with E-state index in [0.29, 0.717) is 18.2 Å². The lowest BCUT2D eigenvalue weighted by Gasteiger charge is -2.22. The van der Waals surface area contributed by atoms with E-state index in [1.54, 1.807) is 0 Å². The molecule has 2 fully saturated rings. The molecule has 146 valence electrons. The van der Waals surface area contributed by atoms with Gasteiger partial charge in [-0.05, 0) is 38.8 Å². The van der Waals surface area contributed by atoms with Crippen molar-refractivity contribution >= 4 is 30.1 Å². The molecule has 26 heavy (non-hydrogen) atoms. The summed E-state index contributed by atoms with van der Waals surface area (Å²) in [5, 5.41) is 13.1. The summed E-state index contributed by atoms with van der Waals surface area (Å²) in [5.74, 6) is 2.17. The summed E-state index contributed by atoms with van der Waals surface area (Å²) in [6, 6.07) is 0. The summed E-state index contributed by atoms with van der Waals surface area (Å²) in [7, 11) is 0. The zero-order valence-electron chi connectivity index (χ0n) is 15.4. The average Bonchev–Trinajstić information content (AvgIpc) is 2.85. The van der Waals surface area contributed by atoms with Gasteiger partial charge in [-0.15, -0.1) is 29.2 Å². The molecule has 0 spiro atoms. The maximum atomic E-state index is 12.5. The maximum absolute atomic E-state index is 12.5. The Morgan fingerprint density at radius 3 is 2.54 bits per heavy atom. The Kier molecular flexibility index (Phi) is 8.95. The van der Waals surface area contributed by atoms with Crippen molar-refractivity contribution in [3.63, 3.8) is 0 Å². The number of likely N-dealkylation sites (tertiary alicyclic amines) is 1. The van der Waals surface area contributed by atoms with Crippen LogP contribution in [0.3, 0.4) is 0 Å². The highest BCUT2D eigenvalue weighted by Gasteiger charge is 2.24. The van der Waals surface area contributed by atoms with Gasteiger partial charge in [-0.1, -0.05) is 30.7 Å². The van der Waals surface area contributed by atoms with Crippen molar-refractivity contribution in [2.24, 2.45) is 0 Å². The number of nitrogens with zero attached hydrogens (tertiary/aromatic N) is 4. The Balaban J connectivity index is 0.00000243. The SMILES string of the molecule is C=CCn1c(SCC(=O)N2CCCCCC2)nnc1C1CCNCC1.Cl. The molecule has 3 rings (SSSR count). The summed E-state index contributed by atoms with van der Waals surface area (Å²) >= 11 is 1.52. The van der Waals surface area contributed by atoms with E-state index in [1.165, 1.54) is 24.6 Å². The van der Waals surface area contributed by atoms with Gasteiger partial charge in [0.2, 0.25) is 5.91 Å². The van der Waals surface area contributed by atoms with Crippen LogP contribution in [-0.2, 0) is 11.3 Å². The lowest BCUT2D eigenvalue weighted by Crippen LogP contribution is -2.33. The number of allylic oxidation sites excluding steroid dienone is 1. The highest BCUT2D eigenvalue weighted by molar-refractivity contribution is 7.99. The smallest absolute Gasteiger partial charge is 0.233 e. The van der Waals surface area contributed by atoms with Crippen LogP contribution < -0.4 is 5.32 Å². The maximum Gasteiger partial charge on any atom is 0.233 e. The molecule has 2 aliphatic heterocycles. The number of carbonyl (C=O) groups excluding carboxylic acids is 1. The third kappa shape index (κ3) is 5.47. The quantitative estimate of drug-likeness (QED) is 0.588. The molecule has 1 amide bonds. The van der Waals surface area contributed by atoms with Gasteiger partial charge in [-0.25, -0.2) is 0 Å². The molecule has 0 bridgehead atoms. The second-order valence-electron chi connectivity index (χ2n) is 6.85. The Hall–Kier alpha value is -1.05. The molecule has 2 saturated heterocycles. The highest BCUT2D eigenvalue weighted by Crippen LogP contribution is 2.27. The molecule has 0 aromatic carbocycles. The number of nitrogens with one attached hydrogen (secondary N) is 1. The minimum absolute atomic E-state index is 0. The monoisotopic (exact) mass is 399 g/mol. The first-order valence-corrected chi connectivity index (χ1v) is 10.4. The number of piperidine rings is 1. The van der Waals surface area contributed by atoms with E-state index in [2.05, 4.69) is 26.7 Å². The molecule has 3 heterocycles.